The molecule has 2 aromatic rings. The van der Waals surface area contributed by atoms with Gasteiger partial charge >= 0.3 is 12.1 Å². The number of hydrogen-bond donors (Lipinski definition) is 4. The molecule has 0 spiro atoms. The second-order valence-electron chi connectivity index (χ2n) is 8.22. The zero-order valence-electron chi connectivity index (χ0n) is 18.6. The molecule has 1 aliphatic rings. The summed E-state index contributed by atoms with van der Waals surface area (Å²) in [6.45, 7) is 1.97. The first-order valence-corrected chi connectivity index (χ1v) is 11.2. The van der Waals surface area contributed by atoms with Crippen molar-refractivity contribution in [3.05, 3.63) is 59.7 Å². The number of aliphatic carboxylic acids is 1. The van der Waals surface area contributed by atoms with E-state index in [9.17, 15) is 19.5 Å². The molecule has 0 fully saturated rings. The van der Waals surface area contributed by atoms with Gasteiger partial charge in [0.15, 0.2) is 0 Å². The van der Waals surface area contributed by atoms with Gasteiger partial charge in [0.25, 0.3) is 0 Å². The molecule has 2 amide bonds. The van der Waals surface area contributed by atoms with Crippen molar-refractivity contribution in [1.82, 2.24) is 10.6 Å². The van der Waals surface area contributed by atoms with Crippen molar-refractivity contribution in [2.45, 2.75) is 50.7 Å². The Balaban J connectivity index is 1.53. The van der Waals surface area contributed by atoms with Gasteiger partial charge in [0.05, 0.1) is 12.5 Å². The van der Waals surface area contributed by atoms with Crippen molar-refractivity contribution in [3.8, 4) is 11.1 Å². The first-order valence-electron chi connectivity index (χ1n) is 11.2. The Kier molecular flexibility index (Phi) is 8.43. The second-order valence-corrected chi connectivity index (χ2v) is 8.22. The maximum Gasteiger partial charge on any atom is 0.407 e. The van der Waals surface area contributed by atoms with Gasteiger partial charge in [0, 0.05) is 24.9 Å². The third kappa shape index (κ3) is 6.55. The minimum Gasteiger partial charge on any atom is -0.481 e. The fraction of sp³-hybridized carbons (Fsp3) is 0.400. The number of alkyl carbamates (subject to hydrolysis) is 1. The Labute approximate surface area is 193 Å². The summed E-state index contributed by atoms with van der Waals surface area (Å²) in [6, 6.07) is 15.7. The molecule has 33 heavy (non-hydrogen) atoms. The highest BCUT2D eigenvalue weighted by atomic mass is 16.5. The van der Waals surface area contributed by atoms with Gasteiger partial charge in [-0.2, -0.15) is 0 Å². The Bertz CT molecular complexity index is 947. The van der Waals surface area contributed by atoms with Crippen molar-refractivity contribution in [2.75, 3.05) is 13.2 Å². The molecular formula is C25H30N2O6. The first kappa shape index (κ1) is 24.3. The van der Waals surface area contributed by atoms with E-state index in [2.05, 4.69) is 22.8 Å². The smallest absolute Gasteiger partial charge is 0.407 e. The molecule has 0 heterocycles. The number of aliphatic hydroxyl groups is 1. The van der Waals surface area contributed by atoms with E-state index in [1.807, 2.05) is 43.3 Å². The molecule has 176 valence electrons. The number of rotatable bonds is 11. The van der Waals surface area contributed by atoms with E-state index in [1.54, 1.807) is 0 Å². The van der Waals surface area contributed by atoms with Crippen LogP contribution in [0.25, 0.3) is 11.1 Å². The number of benzene rings is 2. The van der Waals surface area contributed by atoms with Crippen molar-refractivity contribution < 1.29 is 29.3 Å². The molecule has 0 bridgehead atoms. The van der Waals surface area contributed by atoms with Gasteiger partial charge in [-0.05, 0) is 28.7 Å². The average Bonchev–Trinajstić information content (AvgIpc) is 3.10. The number of carboxylic acids is 1. The summed E-state index contributed by atoms with van der Waals surface area (Å²) in [5.41, 5.74) is 4.53. The molecule has 4 N–H and O–H groups in total. The fourth-order valence-corrected chi connectivity index (χ4v) is 4.18. The summed E-state index contributed by atoms with van der Waals surface area (Å²) in [5, 5.41) is 23.5. The molecule has 0 saturated heterocycles. The minimum atomic E-state index is -1.16. The van der Waals surface area contributed by atoms with Crippen LogP contribution in [0.3, 0.4) is 0 Å². The Morgan fingerprint density at radius 2 is 1.61 bits per heavy atom. The third-order valence-electron chi connectivity index (χ3n) is 5.68. The number of carbonyl (C=O) groups excluding carboxylic acids is 2. The third-order valence-corrected chi connectivity index (χ3v) is 5.68. The molecule has 0 aromatic heterocycles. The second kappa shape index (κ2) is 11.5. The van der Waals surface area contributed by atoms with Gasteiger partial charge in [0.2, 0.25) is 5.91 Å². The van der Waals surface area contributed by atoms with Crippen LogP contribution in [0.4, 0.5) is 4.79 Å². The van der Waals surface area contributed by atoms with E-state index in [0.29, 0.717) is 6.42 Å². The predicted octanol–water partition coefficient (Wildman–Crippen LogP) is 3.04. The maximum atomic E-state index is 12.5. The summed E-state index contributed by atoms with van der Waals surface area (Å²) in [7, 11) is 0. The number of aliphatic hydroxyl groups excluding tert-OH is 1. The van der Waals surface area contributed by atoms with E-state index >= 15 is 0 Å². The predicted molar refractivity (Wildman–Crippen MR) is 123 cm³/mol. The van der Waals surface area contributed by atoms with Crippen LogP contribution >= 0.6 is 0 Å². The van der Waals surface area contributed by atoms with Crippen LogP contribution in [-0.4, -0.2) is 53.5 Å². The highest BCUT2D eigenvalue weighted by Crippen LogP contribution is 2.44. The minimum absolute atomic E-state index is 0.0117. The SMILES string of the molecule is CCC[C@H](CC(=O)NCC(O)CC(=O)O)NC(=O)OCC1c2ccccc2-c2ccccc21. The zero-order chi connectivity index (χ0) is 23.8. The van der Waals surface area contributed by atoms with Gasteiger partial charge in [0.1, 0.15) is 6.61 Å². The Morgan fingerprint density at radius 3 is 2.18 bits per heavy atom. The van der Waals surface area contributed by atoms with E-state index in [0.717, 1.165) is 28.7 Å². The highest BCUT2D eigenvalue weighted by Gasteiger charge is 2.29. The Hall–Kier alpha value is -3.39. The van der Waals surface area contributed by atoms with E-state index in [4.69, 9.17) is 9.84 Å². The van der Waals surface area contributed by atoms with Crippen molar-refractivity contribution in [3.63, 3.8) is 0 Å². The van der Waals surface area contributed by atoms with Crippen LogP contribution in [0, 0.1) is 0 Å². The van der Waals surface area contributed by atoms with Gasteiger partial charge in [-0.25, -0.2) is 4.79 Å². The maximum absolute atomic E-state index is 12.5. The van der Waals surface area contributed by atoms with Crippen LogP contribution in [0.15, 0.2) is 48.5 Å². The zero-order valence-corrected chi connectivity index (χ0v) is 18.6. The number of amides is 2. The van der Waals surface area contributed by atoms with Crippen LogP contribution < -0.4 is 10.6 Å². The normalized spacial score (nSPS) is 14.0. The standard InChI is InChI=1S/C25H30N2O6/c1-2-7-16(12-23(29)26-14-17(28)13-24(30)31)27-25(32)33-15-22-20-10-5-3-8-18(20)19-9-4-6-11-21(19)22/h3-6,8-11,16-17,22,28H,2,7,12-15H2,1H3,(H,26,29)(H,27,32)(H,30,31)/t16-,17?/m1/s1. The summed E-state index contributed by atoms with van der Waals surface area (Å²) in [4.78, 5) is 35.3. The lowest BCUT2D eigenvalue weighted by Gasteiger charge is -2.20. The lowest BCUT2D eigenvalue weighted by atomic mass is 9.98. The molecule has 0 aliphatic heterocycles. The highest BCUT2D eigenvalue weighted by molar-refractivity contribution is 5.79. The number of ether oxygens (including phenoxy) is 1. The summed E-state index contributed by atoms with van der Waals surface area (Å²) in [6.07, 6.45) is -0.854. The quantitative estimate of drug-likeness (QED) is 0.414. The van der Waals surface area contributed by atoms with Gasteiger partial charge < -0.3 is 25.6 Å². The topological polar surface area (TPSA) is 125 Å². The fourth-order valence-electron chi connectivity index (χ4n) is 4.18. The molecule has 2 aromatic carbocycles. The van der Waals surface area contributed by atoms with Gasteiger partial charge in [-0.15, -0.1) is 0 Å². The van der Waals surface area contributed by atoms with Crippen molar-refractivity contribution in [1.29, 1.82) is 0 Å². The molecule has 1 aliphatic carbocycles. The summed E-state index contributed by atoms with van der Waals surface area (Å²) < 4.78 is 5.55. The lowest BCUT2D eigenvalue weighted by Crippen LogP contribution is -2.41. The summed E-state index contributed by atoms with van der Waals surface area (Å²) >= 11 is 0. The molecule has 8 heteroatoms. The molecule has 8 nitrogen and oxygen atoms in total. The van der Waals surface area contributed by atoms with Crippen LogP contribution in [0.2, 0.25) is 0 Å². The van der Waals surface area contributed by atoms with Gasteiger partial charge in [-0.1, -0.05) is 61.9 Å². The summed E-state index contributed by atoms with van der Waals surface area (Å²) in [5.74, 6) is -1.57. The van der Waals surface area contributed by atoms with E-state index < -0.39 is 30.6 Å². The first-order chi connectivity index (χ1) is 15.9. The van der Waals surface area contributed by atoms with Crippen molar-refractivity contribution >= 4 is 18.0 Å². The van der Waals surface area contributed by atoms with E-state index in [-0.39, 0.29) is 31.4 Å². The number of hydrogen-bond acceptors (Lipinski definition) is 5. The van der Waals surface area contributed by atoms with E-state index in [1.165, 1.54) is 0 Å². The number of fused-ring (bicyclic) bond motifs is 3. The molecule has 0 saturated carbocycles. The van der Waals surface area contributed by atoms with Crippen LogP contribution in [-0.2, 0) is 14.3 Å². The molecular weight excluding hydrogens is 424 g/mol. The number of carbonyl (C=O) groups is 3. The monoisotopic (exact) mass is 454 g/mol. The largest absolute Gasteiger partial charge is 0.481 e. The molecule has 0 radical (unpaired) electrons. The van der Waals surface area contributed by atoms with Gasteiger partial charge in [-0.3, -0.25) is 9.59 Å². The molecule has 3 rings (SSSR count). The lowest BCUT2D eigenvalue weighted by molar-refractivity contribution is -0.139. The average molecular weight is 455 g/mol. The Morgan fingerprint density at radius 1 is 1.00 bits per heavy atom. The number of carboxylic acid groups (broad SMARTS) is 1. The van der Waals surface area contributed by atoms with Crippen molar-refractivity contribution in [2.24, 2.45) is 0 Å². The molecule has 2 atom stereocenters. The van der Waals surface area contributed by atoms with Crippen LogP contribution in [0.5, 0.6) is 0 Å². The van der Waals surface area contributed by atoms with Crippen LogP contribution in [0.1, 0.15) is 49.7 Å². The molecule has 1 unspecified atom stereocenters. The number of nitrogens with one attached hydrogen (secondary N) is 2.